The molecule has 0 saturated heterocycles. The molecule has 1 fully saturated rings. The summed E-state index contributed by atoms with van der Waals surface area (Å²) in [5, 5.41) is 8.80. The van der Waals surface area contributed by atoms with Gasteiger partial charge in [-0.1, -0.05) is 0 Å². The Balaban J connectivity index is 1.72. The summed E-state index contributed by atoms with van der Waals surface area (Å²) in [4.78, 5) is 15.7. The van der Waals surface area contributed by atoms with Crippen LogP contribution in [-0.4, -0.2) is 37.3 Å². The topological polar surface area (TPSA) is 75.3 Å². The molecule has 1 saturated carbocycles. The largest absolute Gasteiger partial charge is 0.385 e. The lowest BCUT2D eigenvalue weighted by atomic mass is 10.4. The van der Waals surface area contributed by atoms with E-state index in [4.69, 9.17) is 4.74 Å². The molecule has 1 aliphatic carbocycles. The van der Waals surface area contributed by atoms with E-state index in [1.165, 1.54) is 0 Å². The van der Waals surface area contributed by atoms with E-state index in [0.717, 1.165) is 38.2 Å². The van der Waals surface area contributed by atoms with Crippen molar-refractivity contribution in [2.24, 2.45) is 0 Å². The first-order chi connectivity index (χ1) is 9.28. The van der Waals surface area contributed by atoms with Gasteiger partial charge in [-0.2, -0.15) is 0 Å². The minimum atomic E-state index is -0.162. The molecule has 3 N–H and O–H groups in total. The fourth-order valence-corrected chi connectivity index (χ4v) is 1.59. The summed E-state index contributed by atoms with van der Waals surface area (Å²) in [6, 6.07) is 3.87. The Morgan fingerprint density at radius 3 is 2.95 bits per heavy atom. The number of carbonyl (C=O) groups excluding carboxylic acids is 1. The number of hydrogen-bond acceptors (Lipinski definition) is 4. The molecule has 0 spiro atoms. The van der Waals surface area contributed by atoms with Crippen LogP contribution in [0.4, 0.5) is 16.3 Å². The summed E-state index contributed by atoms with van der Waals surface area (Å²) < 4.78 is 4.96. The van der Waals surface area contributed by atoms with Crippen LogP contribution in [0.3, 0.4) is 0 Å². The average molecular weight is 264 g/mol. The smallest absolute Gasteiger partial charge is 0.319 e. The Morgan fingerprint density at radius 1 is 1.47 bits per heavy atom. The third-order valence-electron chi connectivity index (χ3n) is 2.77. The van der Waals surface area contributed by atoms with Crippen LogP contribution in [0.2, 0.25) is 0 Å². The number of ether oxygens (including phenoxy) is 1. The lowest BCUT2D eigenvalue weighted by molar-refractivity contribution is 0.198. The molecule has 2 amide bonds. The molecule has 0 aromatic carbocycles. The Morgan fingerprint density at radius 2 is 2.32 bits per heavy atom. The number of rotatable bonds is 7. The summed E-state index contributed by atoms with van der Waals surface area (Å²) in [7, 11) is 1.69. The second-order valence-electron chi connectivity index (χ2n) is 4.58. The Bertz CT molecular complexity index is 404. The number of nitrogens with zero attached hydrogens (tertiary/aromatic N) is 1. The van der Waals surface area contributed by atoms with Crippen molar-refractivity contribution in [2.75, 3.05) is 30.9 Å². The number of hydrogen-bond donors (Lipinski definition) is 3. The lowest BCUT2D eigenvalue weighted by Crippen LogP contribution is -2.30. The van der Waals surface area contributed by atoms with E-state index in [1.54, 1.807) is 13.3 Å². The summed E-state index contributed by atoms with van der Waals surface area (Å²) in [5.74, 6) is 0.796. The quantitative estimate of drug-likeness (QED) is 0.657. The molecule has 6 nitrogen and oxygen atoms in total. The fourth-order valence-electron chi connectivity index (χ4n) is 1.59. The van der Waals surface area contributed by atoms with Crippen LogP contribution < -0.4 is 16.0 Å². The molecule has 2 rings (SSSR count). The highest BCUT2D eigenvalue weighted by atomic mass is 16.5. The zero-order chi connectivity index (χ0) is 13.5. The molecule has 19 heavy (non-hydrogen) atoms. The predicted molar refractivity (Wildman–Crippen MR) is 74.4 cm³/mol. The highest BCUT2D eigenvalue weighted by molar-refractivity contribution is 5.89. The van der Waals surface area contributed by atoms with Gasteiger partial charge in [0.1, 0.15) is 5.82 Å². The van der Waals surface area contributed by atoms with Gasteiger partial charge >= 0.3 is 6.03 Å². The maximum Gasteiger partial charge on any atom is 0.319 e. The van der Waals surface area contributed by atoms with Crippen LogP contribution in [0.25, 0.3) is 0 Å². The van der Waals surface area contributed by atoms with Crippen molar-refractivity contribution in [3.05, 3.63) is 18.3 Å². The second kappa shape index (κ2) is 6.94. The zero-order valence-corrected chi connectivity index (χ0v) is 11.1. The minimum Gasteiger partial charge on any atom is -0.385 e. The Kier molecular flexibility index (Phi) is 4.97. The normalized spacial score (nSPS) is 13.9. The van der Waals surface area contributed by atoms with Gasteiger partial charge in [-0.3, -0.25) is 0 Å². The van der Waals surface area contributed by atoms with E-state index in [1.807, 2.05) is 12.1 Å². The van der Waals surface area contributed by atoms with Crippen molar-refractivity contribution in [3.8, 4) is 0 Å². The van der Waals surface area contributed by atoms with Crippen molar-refractivity contribution in [1.29, 1.82) is 0 Å². The number of aromatic nitrogens is 1. The molecule has 0 radical (unpaired) electrons. The number of urea groups is 1. The molecule has 1 aromatic heterocycles. The molecule has 0 unspecified atom stereocenters. The fraction of sp³-hybridized carbons (Fsp3) is 0.538. The van der Waals surface area contributed by atoms with E-state index in [-0.39, 0.29) is 6.03 Å². The molecular weight excluding hydrogens is 244 g/mol. The first kappa shape index (κ1) is 13.6. The van der Waals surface area contributed by atoms with Gasteiger partial charge < -0.3 is 20.7 Å². The first-order valence-corrected chi connectivity index (χ1v) is 6.54. The van der Waals surface area contributed by atoms with Gasteiger partial charge in [0.15, 0.2) is 0 Å². The van der Waals surface area contributed by atoms with Gasteiger partial charge in [-0.25, -0.2) is 9.78 Å². The van der Waals surface area contributed by atoms with Gasteiger partial charge in [0, 0.05) is 26.3 Å². The molecule has 0 aliphatic heterocycles. The Labute approximate surface area is 112 Å². The van der Waals surface area contributed by atoms with Gasteiger partial charge in [0.2, 0.25) is 0 Å². The Hall–Kier alpha value is -1.82. The van der Waals surface area contributed by atoms with Gasteiger partial charge in [0.25, 0.3) is 0 Å². The highest BCUT2D eigenvalue weighted by Gasteiger charge is 2.23. The van der Waals surface area contributed by atoms with Crippen LogP contribution >= 0.6 is 0 Å². The highest BCUT2D eigenvalue weighted by Crippen LogP contribution is 2.18. The third kappa shape index (κ3) is 5.13. The van der Waals surface area contributed by atoms with Crippen LogP contribution in [0, 0.1) is 0 Å². The van der Waals surface area contributed by atoms with Crippen LogP contribution in [0.1, 0.15) is 19.3 Å². The van der Waals surface area contributed by atoms with Gasteiger partial charge in [0.05, 0.1) is 11.9 Å². The molecule has 1 aliphatic rings. The van der Waals surface area contributed by atoms with E-state index >= 15 is 0 Å². The average Bonchev–Trinajstić information content (AvgIpc) is 3.20. The summed E-state index contributed by atoms with van der Waals surface area (Å²) in [5.41, 5.74) is 0.695. The lowest BCUT2D eigenvalue weighted by Gasteiger charge is -2.08. The molecular formula is C13H20N4O2. The molecule has 6 heteroatoms. The zero-order valence-electron chi connectivity index (χ0n) is 11.1. The van der Waals surface area contributed by atoms with E-state index in [0.29, 0.717) is 11.7 Å². The molecule has 0 atom stereocenters. The number of anilines is 2. The van der Waals surface area contributed by atoms with Gasteiger partial charge in [-0.15, -0.1) is 0 Å². The summed E-state index contributed by atoms with van der Waals surface area (Å²) >= 11 is 0. The second-order valence-corrected chi connectivity index (χ2v) is 4.58. The number of carbonyl (C=O) groups is 1. The van der Waals surface area contributed by atoms with Crippen LogP contribution in [-0.2, 0) is 4.74 Å². The number of methoxy groups -OCH3 is 1. The van der Waals surface area contributed by atoms with Crippen LogP contribution in [0.15, 0.2) is 18.3 Å². The van der Waals surface area contributed by atoms with E-state index < -0.39 is 0 Å². The number of amides is 2. The number of nitrogens with one attached hydrogen (secondary N) is 3. The molecule has 0 bridgehead atoms. The van der Waals surface area contributed by atoms with Crippen molar-refractivity contribution < 1.29 is 9.53 Å². The standard InChI is InChI=1S/C13H20N4O2/c1-19-8-2-7-14-12-6-5-11(9-15-12)17-13(18)16-10-3-4-10/h5-6,9-10H,2-4,7-8H2,1H3,(H,14,15)(H2,16,17,18). The van der Waals surface area contributed by atoms with Crippen molar-refractivity contribution >= 4 is 17.5 Å². The van der Waals surface area contributed by atoms with Gasteiger partial charge in [-0.05, 0) is 31.4 Å². The van der Waals surface area contributed by atoms with Crippen molar-refractivity contribution in [3.63, 3.8) is 0 Å². The minimum absolute atomic E-state index is 0.162. The maximum atomic E-state index is 11.5. The SMILES string of the molecule is COCCCNc1ccc(NC(=O)NC2CC2)cn1. The maximum absolute atomic E-state index is 11.5. The predicted octanol–water partition coefficient (Wildman–Crippen LogP) is 1.81. The van der Waals surface area contributed by atoms with Crippen molar-refractivity contribution in [1.82, 2.24) is 10.3 Å². The number of pyridine rings is 1. The monoisotopic (exact) mass is 264 g/mol. The molecule has 1 aromatic rings. The molecule has 104 valence electrons. The molecule has 1 heterocycles. The van der Waals surface area contributed by atoms with E-state index in [9.17, 15) is 4.79 Å². The van der Waals surface area contributed by atoms with Crippen molar-refractivity contribution in [2.45, 2.75) is 25.3 Å². The van der Waals surface area contributed by atoms with E-state index in [2.05, 4.69) is 20.9 Å². The summed E-state index contributed by atoms with van der Waals surface area (Å²) in [6.07, 6.45) is 4.74. The summed E-state index contributed by atoms with van der Waals surface area (Å²) in [6.45, 7) is 1.55. The third-order valence-corrected chi connectivity index (χ3v) is 2.77. The van der Waals surface area contributed by atoms with Crippen LogP contribution in [0.5, 0.6) is 0 Å². The first-order valence-electron chi connectivity index (χ1n) is 6.54.